The van der Waals surface area contributed by atoms with Gasteiger partial charge < -0.3 is 4.74 Å². The summed E-state index contributed by atoms with van der Waals surface area (Å²) < 4.78 is 6.00. The number of aryl methyl sites for hydroxylation is 1. The zero-order chi connectivity index (χ0) is 21.1. The Morgan fingerprint density at radius 2 is 2.07 bits per heavy atom. The van der Waals surface area contributed by atoms with E-state index in [1.54, 1.807) is 18.3 Å². The Morgan fingerprint density at radius 3 is 2.83 bits per heavy atom. The third-order valence-corrected chi connectivity index (χ3v) is 4.93. The van der Waals surface area contributed by atoms with E-state index in [2.05, 4.69) is 34.3 Å². The molecule has 1 aliphatic rings. The van der Waals surface area contributed by atoms with Crippen LogP contribution < -0.4 is 15.7 Å². The number of anilines is 1. The first-order valence-corrected chi connectivity index (χ1v) is 9.66. The molecule has 150 valence electrons. The minimum Gasteiger partial charge on any atom is -0.488 e. The summed E-state index contributed by atoms with van der Waals surface area (Å²) in [6.45, 7) is 4.18. The first-order chi connectivity index (χ1) is 14.4. The van der Waals surface area contributed by atoms with Crippen LogP contribution in [-0.2, 0) is 6.42 Å². The van der Waals surface area contributed by atoms with Gasteiger partial charge in [0.1, 0.15) is 23.0 Å². The lowest BCUT2D eigenvalue weighted by molar-refractivity contribution is 0.0847. The van der Waals surface area contributed by atoms with Crippen molar-refractivity contribution in [3.63, 3.8) is 0 Å². The van der Waals surface area contributed by atoms with Crippen LogP contribution in [0.25, 0.3) is 11.3 Å². The maximum Gasteiger partial charge on any atom is 0.270 e. The Hall–Kier alpha value is -3.92. The van der Waals surface area contributed by atoms with Crippen molar-refractivity contribution < 1.29 is 4.74 Å². The van der Waals surface area contributed by atoms with Crippen molar-refractivity contribution in [2.45, 2.75) is 32.3 Å². The number of benzene rings is 2. The number of hydrogen-bond acceptors (Lipinski definition) is 6. The smallest absolute Gasteiger partial charge is 0.270 e. The molecule has 0 atom stereocenters. The average Bonchev–Trinajstić information content (AvgIpc) is 2.73. The highest BCUT2D eigenvalue weighted by atomic mass is 16.5. The first-order valence-electron chi connectivity index (χ1n) is 9.66. The van der Waals surface area contributed by atoms with Gasteiger partial charge >= 0.3 is 0 Å². The fourth-order valence-electron chi connectivity index (χ4n) is 3.36. The van der Waals surface area contributed by atoms with Crippen molar-refractivity contribution in [3.8, 4) is 23.1 Å². The normalized spacial score (nSPS) is 14.6. The second-order valence-electron chi connectivity index (χ2n) is 7.71. The van der Waals surface area contributed by atoms with Crippen LogP contribution in [0.15, 0.2) is 58.4 Å². The number of aromatic amines is 1. The third kappa shape index (κ3) is 4.08. The van der Waals surface area contributed by atoms with Crippen LogP contribution in [0.4, 0.5) is 5.95 Å². The maximum atomic E-state index is 12.3. The molecule has 2 N–H and O–H groups in total. The number of aromatic nitrogens is 2. The fraction of sp³-hybridized carbons (Fsp3) is 0.217. The quantitative estimate of drug-likeness (QED) is 0.512. The molecule has 4 rings (SSSR count). The summed E-state index contributed by atoms with van der Waals surface area (Å²) in [4.78, 5) is 19.2. The predicted molar refractivity (Wildman–Crippen MR) is 116 cm³/mol. The molecular weight excluding hydrogens is 378 g/mol. The second kappa shape index (κ2) is 7.84. The van der Waals surface area contributed by atoms with Crippen LogP contribution in [-0.4, -0.2) is 21.8 Å². The molecule has 0 radical (unpaired) electrons. The van der Waals surface area contributed by atoms with E-state index in [4.69, 9.17) is 4.74 Å². The van der Waals surface area contributed by atoms with Crippen molar-refractivity contribution in [1.82, 2.24) is 9.97 Å². The van der Waals surface area contributed by atoms with Gasteiger partial charge in [-0.2, -0.15) is 10.4 Å². The summed E-state index contributed by atoms with van der Waals surface area (Å²) in [6, 6.07) is 16.9. The van der Waals surface area contributed by atoms with Gasteiger partial charge in [-0.3, -0.25) is 9.78 Å². The summed E-state index contributed by atoms with van der Waals surface area (Å²) in [6.07, 6.45) is 3.56. The van der Waals surface area contributed by atoms with Crippen molar-refractivity contribution in [3.05, 3.63) is 75.6 Å². The lowest BCUT2D eigenvalue weighted by atomic mass is 9.93. The fourth-order valence-corrected chi connectivity index (χ4v) is 3.36. The highest BCUT2D eigenvalue weighted by Crippen LogP contribution is 2.33. The lowest BCUT2D eigenvalue weighted by Crippen LogP contribution is -2.32. The van der Waals surface area contributed by atoms with Gasteiger partial charge in [-0.05, 0) is 56.0 Å². The van der Waals surface area contributed by atoms with Gasteiger partial charge in [-0.1, -0.05) is 30.3 Å². The first kappa shape index (κ1) is 19.4. The summed E-state index contributed by atoms with van der Waals surface area (Å²) in [5.41, 5.74) is 5.11. The molecule has 2 heterocycles. The SMILES string of the molecule is CC1(C)CCc2cc(C=NNc3nc(-c4ccccc4)c(C#N)c(=O)[nH]3)ccc2O1. The summed E-state index contributed by atoms with van der Waals surface area (Å²) in [7, 11) is 0. The van der Waals surface area contributed by atoms with E-state index in [0.717, 1.165) is 29.7 Å². The topological polar surface area (TPSA) is 103 Å². The highest BCUT2D eigenvalue weighted by Gasteiger charge is 2.26. The summed E-state index contributed by atoms with van der Waals surface area (Å²) >= 11 is 0. The highest BCUT2D eigenvalue weighted by molar-refractivity contribution is 5.81. The molecule has 0 spiro atoms. The number of hydrogen-bond donors (Lipinski definition) is 2. The number of H-pyrrole nitrogens is 1. The van der Waals surface area contributed by atoms with Crippen LogP contribution in [0, 0.1) is 11.3 Å². The van der Waals surface area contributed by atoms with Gasteiger partial charge in [0.05, 0.1) is 11.9 Å². The van der Waals surface area contributed by atoms with Crippen molar-refractivity contribution in [2.75, 3.05) is 5.43 Å². The monoisotopic (exact) mass is 399 g/mol. The minimum atomic E-state index is -0.516. The third-order valence-electron chi connectivity index (χ3n) is 4.93. The number of nitriles is 1. The van der Waals surface area contributed by atoms with E-state index < -0.39 is 5.56 Å². The Kier molecular flexibility index (Phi) is 5.07. The number of rotatable bonds is 4. The molecule has 0 unspecified atom stereocenters. The molecule has 2 aromatic carbocycles. The number of nitrogens with zero attached hydrogens (tertiary/aromatic N) is 3. The molecule has 1 aromatic heterocycles. The summed E-state index contributed by atoms with van der Waals surface area (Å²) in [5.74, 6) is 1.07. The molecule has 7 nitrogen and oxygen atoms in total. The van der Waals surface area contributed by atoms with Gasteiger partial charge in [-0.15, -0.1) is 0 Å². The molecule has 3 aromatic rings. The van der Waals surface area contributed by atoms with Gasteiger partial charge in [0.25, 0.3) is 5.56 Å². The van der Waals surface area contributed by atoms with E-state index in [-0.39, 0.29) is 17.1 Å². The molecular formula is C23H21N5O2. The Morgan fingerprint density at radius 1 is 1.27 bits per heavy atom. The van der Waals surface area contributed by atoms with Crippen LogP contribution >= 0.6 is 0 Å². The van der Waals surface area contributed by atoms with Crippen molar-refractivity contribution in [2.24, 2.45) is 5.10 Å². The molecule has 0 fully saturated rings. The largest absolute Gasteiger partial charge is 0.488 e. The molecule has 0 saturated carbocycles. The Balaban J connectivity index is 1.56. The second-order valence-corrected chi connectivity index (χ2v) is 7.71. The van der Waals surface area contributed by atoms with Crippen LogP contribution in [0.1, 0.15) is 37.0 Å². The van der Waals surface area contributed by atoms with E-state index in [0.29, 0.717) is 11.3 Å². The van der Waals surface area contributed by atoms with Gasteiger partial charge in [-0.25, -0.2) is 10.4 Å². The zero-order valence-electron chi connectivity index (χ0n) is 16.8. The molecule has 1 aliphatic heterocycles. The lowest BCUT2D eigenvalue weighted by Gasteiger charge is -2.32. The minimum absolute atomic E-state index is 0.0339. The van der Waals surface area contributed by atoms with Gasteiger partial charge in [0, 0.05) is 5.56 Å². The molecule has 0 saturated heterocycles. The zero-order valence-corrected chi connectivity index (χ0v) is 16.8. The molecule has 0 bridgehead atoms. The van der Waals surface area contributed by atoms with Crippen LogP contribution in [0.2, 0.25) is 0 Å². The molecule has 0 amide bonds. The van der Waals surface area contributed by atoms with E-state index >= 15 is 0 Å². The van der Waals surface area contributed by atoms with Gasteiger partial charge in [0.15, 0.2) is 0 Å². The average molecular weight is 399 g/mol. The number of ether oxygens (including phenoxy) is 1. The standard InChI is InChI=1S/C23H21N5O2/c1-23(2)11-10-17-12-15(8-9-19(17)30-23)14-25-28-22-26-20(16-6-4-3-5-7-16)18(13-24)21(29)27-22/h3-9,12,14H,10-11H2,1-2H3,(H2,26,27,28,29). The van der Waals surface area contributed by atoms with Crippen LogP contribution in [0.3, 0.4) is 0 Å². The molecule has 7 heteroatoms. The number of fused-ring (bicyclic) bond motifs is 1. The van der Waals surface area contributed by atoms with E-state index in [1.165, 1.54) is 0 Å². The van der Waals surface area contributed by atoms with Crippen molar-refractivity contribution >= 4 is 12.2 Å². The summed E-state index contributed by atoms with van der Waals surface area (Å²) in [5, 5.41) is 13.5. The molecule has 0 aliphatic carbocycles. The number of hydrazone groups is 1. The van der Waals surface area contributed by atoms with E-state index in [9.17, 15) is 10.1 Å². The van der Waals surface area contributed by atoms with E-state index in [1.807, 2.05) is 42.5 Å². The van der Waals surface area contributed by atoms with Gasteiger partial charge in [0.2, 0.25) is 5.95 Å². The Labute approximate surface area is 174 Å². The Bertz CT molecular complexity index is 1210. The predicted octanol–water partition coefficient (Wildman–Crippen LogP) is 3.86. The molecule has 30 heavy (non-hydrogen) atoms. The van der Waals surface area contributed by atoms with Crippen molar-refractivity contribution in [1.29, 1.82) is 5.26 Å². The number of nitrogens with one attached hydrogen (secondary N) is 2. The van der Waals surface area contributed by atoms with Crippen LogP contribution in [0.5, 0.6) is 5.75 Å². The maximum absolute atomic E-state index is 12.3.